The van der Waals surface area contributed by atoms with Crippen LogP contribution in [0.4, 0.5) is 4.79 Å². The van der Waals surface area contributed by atoms with E-state index < -0.39 is 30.4 Å². The van der Waals surface area contributed by atoms with E-state index in [1.807, 2.05) is 0 Å². The molecule has 0 bridgehead atoms. The highest BCUT2D eigenvalue weighted by Gasteiger charge is 2.25. The standard InChI is InChI=1S/C13H22N2O5/c1-8-4-2-3-5-9(8)7-14-13(20)15-10(12(18)19)6-11(16)17/h8-10H,2-7H2,1H3,(H,16,17)(H,18,19)(H2,14,15,20)/t8?,9?,10-/m0/s1. The van der Waals surface area contributed by atoms with Crippen molar-refractivity contribution >= 4 is 18.0 Å². The Balaban J connectivity index is 2.37. The lowest BCUT2D eigenvalue weighted by Crippen LogP contribution is -2.48. The van der Waals surface area contributed by atoms with Gasteiger partial charge < -0.3 is 20.8 Å². The predicted octanol–water partition coefficient (Wildman–Crippen LogP) is 1.04. The molecule has 1 aliphatic rings. The molecule has 7 heteroatoms. The van der Waals surface area contributed by atoms with Crippen LogP contribution in [-0.4, -0.2) is 40.8 Å². The number of carbonyl (C=O) groups is 3. The lowest BCUT2D eigenvalue weighted by atomic mass is 9.80. The number of nitrogens with one attached hydrogen (secondary N) is 2. The number of hydrogen-bond acceptors (Lipinski definition) is 3. The van der Waals surface area contributed by atoms with Gasteiger partial charge in [0, 0.05) is 6.54 Å². The fourth-order valence-electron chi connectivity index (χ4n) is 2.50. The van der Waals surface area contributed by atoms with Crippen LogP contribution < -0.4 is 10.6 Å². The smallest absolute Gasteiger partial charge is 0.326 e. The minimum Gasteiger partial charge on any atom is -0.481 e. The molecule has 2 amide bonds. The number of rotatable bonds is 6. The van der Waals surface area contributed by atoms with E-state index in [1.165, 1.54) is 6.42 Å². The first kappa shape index (κ1) is 16.3. The first-order valence-electron chi connectivity index (χ1n) is 6.89. The maximum Gasteiger partial charge on any atom is 0.326 e. The molecule has 0 heterocycles. The van der Waals surface area contributed by atoms with Gasteiger partial charge in [-0.1, -0.05) is 26.2 Å². The van der Waals surface area contributed by atoms with Crippen LogP contribution in [0.15, 0.2) is 0 Å². The van der Waals surface area contributed by atoms with Crippen LogP contribution in [0.25, 0.3) is 0 Å². The van der Waals surface area contributed by atoms with Gasteiger partial charge in [-0.2, -0.15) is 0 Å². The SMILES string of the molecule is CC1CCCCC1CNC(=O)N[C@@H](CC(=O)O)C(=O)O. The third-order valence-corrected chi connectivity index (χ3v) is 3.80. The third kappa shape index (κ3) is 5.46. The van der Waals surface area contributed by atoms with E-state index in [2.05, 4.69) is 17.6 Å². The second-order valence-electron chi connectivity index (χ2n) is 5.36. The molecule has 1 fully saturated rings. The fourth-order valence-corrected chi connectivity index (χ4v) is 2.50. The summed E-state index contributed by atoms with van der Waals surface area (Å²) in [6.45, 7) is 2.64. The normalized spacial score (nSPS) is 23.6. The van der Waals surface area contributed by atoms with Gasteiger partial charge >= 0.3 is 18.0 Å². The summed E-state index contributed by atoms with van der Waals surface area (Å²) in [6.07, 6.45) is 3.92. The molecule has 0 aromatic carbocycles. The molecular weight excluding hydrogens is 264 g/mol. The van der Waals surface area contributed by atoms with E-state index in [4.69, 9.17) is 10.2 Å². The number of amides is 2. The molecule has 7 nitrogen and oxygen atoms in total. The van der Waals surface area contributed by atoms with Crippen molar-refractivity contribution < 1.29 is 24.6 Å². The Morgan fingerprint density at radius 1 is 1.20 bits per heavy atom. The molecule has 4 N–H and O–H groups in total. The molecule has 0 aromatic rings. The Labute approximate surface area is 117 Å². The molecule has 1 saturated carbocycles. The molecule has 114 valence electrons. The summed E-state index contributed by atoms with van der Waals surface area (Å²) in [5.74, 6) is -1.68. The molecule has 3 atom stereocenters. The average molecular weight is 286 g/mol. The zero-order valence-electron chi connectivity index (χ0n) is 11.6. The minimum atomic E-state index is -1.41. The Morgan fingerprint density at radius 2 is 1.85 bits per heavy atom. The predicted molar refractivity (Wildman–Crippen MR) is 71.3 cm³/mol. The zero-order chi connectivity index (χ0) is 15.1. The summed E-state index contributed by atoms with van der Waals surface area (Å²) in [4.78, 5) is 32.9. The molecule has 0 aromatic heterocycles. The Morgan fingerprint density at radius 3 is 2.40 bits per heavy atom. The summed E-state index contributed by atoms with van der Waals surface area (Å²) in [5.41, 5.74) is 0. The highest BCUT2D eigenvalue weighted by Crippen LogP contribution is 2.28. The lowest BCUT2D eigenvalue weighted by Gasteiger charge is -2.28. The molecule has 2 unspecified atom stereocenters. The van der Waals surface area contributed by atoms with Gasteiger partial charge in [0.05, 0.1) is 6.42 Å². The van der Waals surface area contributed by atoms with Gasteiger partial charge in [-0.15, -0.1) is 0 Å². The van der Waals surface area contributed by atoms with Gasteiger partial charge in [-0.05, 0) is 18.3 Å². The largest absolute Gasteiger partial charge is 0.481 e. The fraction of sp³-hybridized carbons (Fsp3) is 0.769. The van der Waals surface area contributed by atoms with Gasteiger partial charge in [0.15, 0.2) is 0 Å². The first-order chi connectivity index (χ1) is 9.40. The van der Waals surface area contributed by atoms with Crippen LogP contribution in [0.3, 0.4) is 0 Å². The molecule has 0 saturated heterocycles. The van der Waals surface area contributed by atoms with Crippen molar-refractivity contribution in [1.82, 2.24) is 10.6 Å². The Kier molecular flexibility index (Phi) is 6.27. The van der Waals surface area contributed by atoms with Crippen LogP contribution in [-0.2, 0) is 9.59 Å². The number of carbonyl (C=O) groups excluding carboxylic acids is 1. The van der Waals surface area contributed by atoms with E-state index in [0.717, 1.165) is 19.3 Å². The van der Waals surface area contributed by atoms with Crippen LogP contribution in [0.1, 0.15) is 39.0 Å². The highest BCUT2D eigenvalue weighted by molar-refractivity contribution is 5.86. The van der Waals surface area contributed by atoms with Crippen molar-refractivity contribution in [1.29, 1.82) is 0 Å². The number of carboxylic acids is 2. The van der Waals surface area contributed by atoms with Gasteiger partial charge in [-0.3, -0.25) is 4.79 Å². The molecule has 0 radical (unpaired) electrons. The molecule has 1 rings (SSSR count). The van der Waals surface area contributed by atoms with Crippen molar-refractivity contribution in [2.45, 2.75) is 45.1 Å². The molecular formula is C13H22N2O5. The molecule has 0 spiro atoms. The van der Waals surface area contributed by atoms with Gasteiger partial charge in [0.1, 0.15) is 6.04 Å². The Bertz CT molecular complexity index is 372. The monoisotopic (exact) mass is 286 g/mol. The number of urea groups is 1. The summed E-state index contributed by atoms with van der Waals surface area (Å²) in [6, 6.07) is -2.03. The average Bonchev–Trinajstić information content (AvgIpc) is 2.36. The van der Waals surface area contributed by atoms with E-state index in [9.17, 15) is 14.4 Å². The highest BCUT2D eigenvalue weighted by atomic mass is 16.4. The van der Waals surface area contributed by atoms with Crippen molar-refractivity contribution in [2.75, 3.05) is 6.54 Å². The van der Waals surface area contributed by atoms with Gasteiger partial charge in [0.2, 0.25) is 0 Å². The molecule has 1 aliphatic carbocycles. The summed E-state index contributed by atoms with van der Waals surface area (Å²) in [7, 11) is 0. The molecule has 20 heavy (non-hydrogen) atoms. The second-order valence-corrected chi connectivity index (χ2v) is 5.36. The maximum atomic E-state index is 11.6. The minimum absolute atomic E-state index is 0.400. The lowest BCUT2D eigenvalue weighted by molar-refractivity contribution is -0.145. The number of hydrogen-bond donors (Lipinski definition) is 4. The third-order valence-electron chi connectivity index (χ3n) is 3.80. The molecule has 0 aliphatic heterocycles. The van der Waals surface area contributed by atoms with E-state index in [-0.39, 0.29) is 0 Å². The van der Waals surface area contributed by atoms with Crippen LogP contribution in [0.2, 0.25) is 0 Å². The Hall–Kier alpha value is -1.79. The second kappa shape index (κ2) is 7.72. The van der Waals surface area contributed by atoms with Crippen LogP contribution in [0, 0.1) is 11.8 Å². The van der Waals surface area contributed by atoms with Crippen molar-refractivity contribution in [2.24, 2.45) is 11.8 Å². The van der Waals surface area contributed by atoms with E-state index in [0.29, 0.717) is 18.4 Å². The number of aliphatic carboxylic acids is 2. The summed E-state index contributed by atoms with van der Waals surface area (Å²) < 4.78 is 0. The quantitative estimate of drug-likeness (QED) is 0.582. The van der Waals surface area contributed by atoms with Gasteiger partial charge in [0.25, 0.3) is 0 Å². The van der Waals surface area contributed by atoms with Crippen LogP contribution in [0.5, 0.6) is 0 Å². The van der Waals surface area contributed by atoms with E-state index in [1.54, 1.807) is 0 Å². The maximum absolute atomic E-state index is 11.6. The first-order valence-corrected chi connectivity index (χ1v) is 6.89. The van der Waals surface area contributed by atoms with Crippen molar-refractivity contribution in [3.8, 4) is 0 Å². The summed E-state index contributed by atoms with van der Waals surface area (Å²) in [5, 5.41) is 22.2. The van der Waals surface area contributed by atoms with Crippen molar-refractivity contribution in [3.05, 3.63) is 0 Å². The van der Waals surface area contributed by atoms with Gasteiger partial charge in [-0.25, -0.2) is 9.59 Å². The number of carboxylic acid groups (broad SMARTS) is 2. The summed E-state index contributed by atoms with van der Waals surface area (Å²) >= 11 is 0. The topological polar surface area (TPSA) is 116 Å². The van der Waals surface area contributed by atoms with E-state index >= 15 is 0 Å². The van der Waals surface area contributed by atoms with Crippen molar-refractivity contribution in [3.63, 3.8) is 0 Å². The van der Waals surface area contributed by atoms with Crippen LogP contribution >= 0.6 is 0 Å². The zero-order valence-corrected chi connectivity index (χ0v) is 11.6.